The summed E-state index contributed by atoms with van der Waals surface area (Å²) in [6.45, 7) is 8.80. The number of fused-ring (bicyclic) bond motifs is 1. The summed E-state index contributed by atoms with van der Waals surface area (Å²) >= 11 is 0. The highest BCUT2D eigenvalue weighted by Crippen LogP contribution is 2.29. The molecule has 0 aromatic heterocycles. The second kappa shape index (κ2) is 10.2. The molecule has 3 atom stereocenters. The third-order valence-corrected chi connectivity index (χ3v) is 6.56. The number of carbonyl (C=O) groups is 1. The molecule has 2 amide bonds. The number of amides is 2. The zero-order valence-corrected chi connectivity index (χ0v) is 18.8. The molecule has 3 heterocycles. The van der Waals surface area contributed by atoms with E-state index in [2.05, 4.69) is 21.9 Å². The van der Waals surface area contributed by atoms with E-state index in [4.69, 9.17) is 9.47 Å². The fourth-order valence-electron chi connectivity index (χ4n) is 4.85. The quantitative estimate of drug-likeness (QED) is 0.688. The van der Waals surface area contributed by atoms with E-state index >= 15 is 0 Å². The summed E-state index contributed by atoms with van der Waals surface area (Å²) in [7, 11) is 3.59. The van der Waals surface area contributed by atoms with Crippen LogP contribution in [0, 0.1) is 11.8 Å². The smallest absolute Gasteiger partial charge is 0.319 e. The highest BCUT2D eigenvalue weighted by Gasteiger charge is 2.37. The molecule has 172 valence electrons. The summed E-state index contributed by atoms with van der Waals surface area (Å²) in [5, 5.41) is 10.4. The lowest BCUT2D eigenvalue weighted by Gasteiger charge is -2.36. The Kier molecular flexibility index (Phi) is 7.32. The van der Waals surface area contributed by atoms with Crippen LogP contribution in [-0.4, -0.2) is 117 Å². The monoisotopic (exact) mass is 432 g/mol. The van der Waals surface area contributed by atoms with Gasteiger partial charge in [0.25, 0.3) is 0 Å². The Balaban J connectivity index is 1.19. The minimum absolute atomic E-state index is 0.0825. The second-order valence-corrected chi connectivity index (χ2v) is 9.33. The molecule has 1 aromatic rings. The van der Waals surface area contributed by atoms with Gasteiger partial charge < -0.3 is 24.4 Å². The first kappa shape index (κ1) is 22.3. The number of aliphatic hydroxyl groups excluding tert-OH is 1. The summed E-state index contributed by atoms with van der Waals surface area (Å²) in [5.41, 5.74) is 1.19. The predicted octanol–water partition coefficient (Wildman–Crippen LogP) is 0.804. The van der Waals surface area contributed by atoms with E-state index in [9.17, 15) is 9.90 Å². The summed E-state index contributed by atoms with van der Waals surface area (Å²) < 4.78 is 11.4. The van der Waals surface area contributed by atoms with Crippen molar-refractivity contribution in [1.82, 2.24) is 19.6 Å². The topological polar surface area (TPSA) is 68.7 Å². The minimum Gasteiger partial charge on any atom is -0.491 e. The third-order valence-electron chi connectivity index (χ3n) is 6.56. The Labute approximate surface area is 185 Å². The number of piperazine rings is 1. The number of nitrogens with zero attached hydrogens (tertiary/aromatic N) is 4. The van der Waals surface area contributed by atoms with Gasteiger partial charge in [-0.2, -0.15) is 0 Å². The van der Waals surface area contributed by atoms with Crippen LogP contribution in [0.3, 0.4) is 0 Å². The fourth-order valence-corrected chi connectivity index (χ4v) is 4.85. The van der Waals surface area contributed by atoms with Crippen LogP contribution < -0.4 is 4.74 Å². The van der Waals surface area contributed by atoms with Gasteiger partial charge in [-0.25, -0.2) is 4.79 Å². The fraction of sp³-hybridized carbons (Fsp3) is 0.696. The van der Waals surface area contributed by atoms with E-state index in [1.165, 1.54) is 5.56 Å². The number of aliphatic hydroxyl groups is 1. The van der Waals surface area contributed by atoms with Crippen LogP contribution in [0.1, 0.15) is 5.56 Å². The Morgan fingerprint density at radius 1 is 1.16 bits per heavy atom. The van der Waals surface area contributed by atoms with Crippen molar-refractivity contribution < 1.29 is 19.4 Å². The molecule has 8 heteroatoms. The molecular formula is C23H36N4O4. The van der Waals surface area contributed by atoms with Gasteiger partial charge in [0.15, 0.2) is 0 Å². The van der Waals surface area contributed by atoms with E-state index in [-0.39, 0.29) is 6.03 Å². The molecule has 4 rings (SSSR count). The van der Waals surface area contributed by atoms with Crippen LogP contribution in [-0.2, 0) is 11.3 Å². The lowest BCUT2D eigenvalue weighted by Crippen LogP contribution is -2.51. The number of urea groups is 1. The lowest BCUT2D eigenvalue weighted by atomic mass is 10.0. The molecule has 0 aliphatic carbocycles. The predicted molar refractivity (Wildman–Crippen MR) is 118 cm³/mol. The first-order valence-corrected chi connectivity index (χ1v) is 11.4. The van der Waals surface area contributed by atoms with Crippen molar-refractivity contribution in [3.63, 3.8) is 0 Å². The molecule has 8 nitrogen and oxygen atoms in total. The van der Waals surface area contributed by atoms with Crippen molar-refractivity contribution in [3.05, 3.63) is 29.8 Å². The molecule has 31 heavy (non-hydrogen) atoms. The van der Waals surface area contributed by atoms with Gasteiger partial charge in [-0.05, 0) is 17.7 Å². The van der Waals surface area contributed by atoms with Gasteiger partial charge >= 0.3 is 6.03 Å². The molecule has 3 aliphatic rings. The van der Waals surface area contributed by atoms with Crippen molar-refractivity contribution >= 4 is 6.03 Å². The highest BCUT2D eigenvalue weighted by molar-refractivity contribution is 5.73. The number of hydrogen-bond acceptors (Lipinski definition) is 6. The molecule has 3 aliphatic heterocycles. The van der Waals surface area contributed by atoms with Crippen molar-refractivity contribution in [1.29, 1.82) is 0 Å². The van der Waals surface area contributed by atoms with Crippen LogP contribution in [0.2, 0.25) is 0 Å². The van der Waals surface area contributed by atoms with Crippen LogP contribution in [0.5, 0.6) is 5.75 Å². The standard InChI is InChI=1S/C23H36N4O4/c1-24(2)23(29)27-8-6-25(7-9-27)11-18-4-3-5-22(10-18)31-17-21(28)14-26-12-19-15-30-16-20(19)13-26/h3-5,10,19-21,28H,6-9,11-17H2,1-2H3/t19-,20+,21?. The largest absolute Gasteiger partial charge is 0.491 e. The number of β-amino-alcohol motifs (C(OH)–C–C–N with tert-alkyl or cyclic N) is 1. The van der Waals surface area contributed by atoms with E-state index in [1.807, 2.05) is 17.0 Å². The van der Waals surface area contributed by atoms with E-state index in [0.717, 1.165) is 64.8 Å². The normalized spacial score (nSPS) is 25.5. The maximum atomic E-state index is 12.1. The Bertz CT molecular complexity index is 726. The first-order valence-electron chi connectivity index (χ1n) is 11.4. The summed E-state index contributed by atoms with van der Waals surface area (Å²) in [5.74, 6) is 2.06. The Morgan fingerprint density at radius 2 is 1.87 bits per heavy atom. The summed E-state index contributed by atoms with van der Waals surface area (Å²) in [6.07, 6.45) is -0.495. The average Bonchev–Trinajstić information content (AvgIpc) is 3.34. The highest BCUT2D eigenvalue weighted by atomic mass is 16.5. The zero-order chi connectivity index (χ0) is 21.8. The Hall–Kier alpha value is -1.87. The van der Waals surface area contributed by atoms with Crippen LogP contribution >= 0.6 is 0 Å². The maximum Gasteiger partial charge on any atom is 0.319 e. The molecule has 1 unspecified atom stereocenters. The van der Waals surface area contributed by atoms with Gasteiger partial charge in [0.1, 0.15) is 18.5 Å². The molecule has 3 fully saturated rings. The van der Waals surface area contributed by atoms with Crippen molar-refractivity contribution in [3.8, 4) is 5.75 Å². The van der Waals surface area contributed by atoms with Gasteiger partial charge in [-0.3, -0.25) is 9.80 Å². The average molecular weight is 433 g/mol. The molecule has 0 bridgehead atoms. The lowest BCUT2D eigenvalue weighted by molar-refractivity contribution is 0.0675. The first-order chi connectivity index (χ1) is 15.0. The van der Waals surface area contributed by atoms with E-state index < -0.39 is 6.10 Å². The number of hydrogen-bond donors (Lipinski definition) is 1. The number of benzene rings is 1. The molecule has 0 radical (unpaired) electrons. The van der Waals surface area contributed by atoms with Crippen molar-refractivity contribution in [2.45, 2.75) is 12.6 Å². The maximum absolute atomic E-state index is 12.1. The van der Waals surface area contributed by atoms with E-state index in [1.54, 1.807) is 19.0 Å². The summed E-state index contributed by atoms with van der Waals surface area (Å²) in [6, 6.07) is 8.19. The molecular weight excluding hydrogens is 396 g/mol. The van der Waals surface area contributed by atoms with Crippen molar-refractivity contribution in [2.24, 2.45) is 11.8 Å². The molecule has 3 saturated heterocycles. The number of rotatable bonds is 7. The van der Waals surface area contributed by atoms with Gasteiger partial charge in [-0.15, -0.1) is 0 Å². The molecule has 0 spiro atoms. The van der Waals surface area contributed by atoms with Gasteiger partial charge in [0, 0.05) is 78.3 Å². The van der Waals surface area contributed by atoms with Gasteiger partial charge in [0.2, 0.25) is 0 Å². The molecule has 0 saturated carbocycles. The number of carbonyl (C=O) groups excluding carboxylic acids is 1. The number of ether oxygens (including phenoxy) is 2. The molecule has 1 N–H and O–H groups in total. The van der Waals surface area contributed by atoms with Crippen LogP contribution in [0.15, 0.2) is 24.3 Å². The van der Waals surface area contributed by atoms with Crippen LogP contribution in [0.4, 0.5) is 4.79 Å². The zero-order valence-electron chi connectivity index (χ0n) is 18.8. The number of likely N-dealkylation sites (tertiary alicyclic amines) is 1. The SMILES string of the molecule is CN(C)C(=O)N1CCN(Cc2cccc(OCC(O)CN3C[C@H]4COC[C@H]4C3)c2)CC1. The minimum atomic E-state index is -0.495. The molecule has 1 aromatic carbocycles. The van der Waals surface area contributed by atoms with E-state index in [0.29, 0.717) is 25.0 Å². The second-order valence-electron chi connectivity index (χ2n) is 9.33. The third kappa shape index (κ3) is 5.88. The van der Waals surface area contributed by atoms with Gasteiger partial charge in [0.05, 0.1) is 13.2 Å². The summed E-state index contributed by atoms with van der Waals surface area (Å²) in [4.78, 5) is 20.3. The van der Waals surface area contributed by atoms with Crippen molar-refractivity contribution in [2.75, 3.05) is 79.7 Å². The Morgan fingerprint density at radius 3 is 2.55 bits per heavy atom. The van der Waals surface area contributed by atoms with Crippen LogP contribution in [0.25, 0.3) is 0 Å². The van der Waals surface area contributed by atoms with Gasteiger partial charge in [-0.1, -0.05) is 12.1 Å².